The van der Waals surface area contributed by atoms with Gasteiger partial charge >= 0.3 is 6.09 Å². The van der Waals surface area contributed by atoms with Gasteiger partial charge < -0.3 is 10.1 Å². The predicted molar refractivity (Wildman–Crippen MR) is 46.9 cm³/mol. The van der Waals surface area contributed by atoms with Crippen molar-refractivity contribution in [1.29, 1.82) is 0 Å². The molecule has 70 valence electrons. The lowest BCUT2D eigenvalue weighted by molar-refractivity contribution is 0.0521. The largest absolute Gasteiger partial charge is 0.444 e. The quantitative estimate of drug-likeness (QED) is 0.654. The normalized spacial score (nSPS) is 28.0. The Hall–Kier alpha value is -0.730. The summed E-state index contributed by atoms with van der Waals surface area (Å²) in [7, 11) is 0. The highest BCUT2D eigenvalue weighted by molar-refractivity contribution is 5.68. The van der Waals surface area contributed by atoms with Crippen molar-refractivity contribution >= 4 is 6.09 Å². The van der Waals surface area contributed by atoms with Crippen LogP contribution in [0.5, 0.6) is 0 Å². The summed E-state index contributed by atoms with van der Waals surface area (Å²) in [5.41, 5.74) is -0.387. The fourth-order valence-corrected chi connectivity index (χ4v) is 0.982. The Morgan fingerprint density at radius 1 is 1.50 bits per heavy atom. The van der Waals surface area contributed by atoms with Crippen LogP contribution in [0.3, 0.4) is 0 Å². The van der Waals surface area contributed by atoms with Gasteiger partial charge in [-0.2, -0.15) is 0 Å². The van der Waals surface area contributed by atoms with Crippen molar-refractivity contribution in [3.8, 4) is 0 Å². The summed E-state index contributed by atoms with van der Waals surface area (Å²) in [6, 6.07) is 0.347. The molecule has 3 heteroatoms. The van der Waals surface area contributed by atoms with Crippen LogP contribution in [0.25, 0.3) is 0 Å². The number of carbonyl (C=O) groups is 1. The van der Waals surface area contributed by atoms with E-state index in [2.05, 4.69) is 12.2 Å². The number of hydrogen-bond acceptors (Lipinski definition) is 2. The zero-order valence-corrected chi connectivity index (χ0v) is 8.18. The predicted octanol–water partition coefficient (Wildman–Crippen LogP) is 1.92. The van der Waals surface area contributed by atoms with Gasteiger partial charge in [-0.25, -0.2) is 4.79 Å². The van der Waals surface area contributed by atoms with Crippen molar-refractivity contribution in [2.45, 2.75) is 45.8 Å². The summed E-state index contributed by atoms with van der Waals surface area (Å²) >= 11 is 0. The van der Waals surface area contributed by atoms with Crippen molar-refractivity contribution in [3.05, 3.63) is 0 Å². The van der Waals surface area contributed by atoms with E-state index in [4.69, 9.17) is 4.74 Å². The molecule has 0 aromatic rings. The van der Waals surface area contributed by atoms with Crippen LogP contribution in [-0.2, 0) is 4.74 Å². The van der Waals surface area contributed by atoms with Crippen molar-refractivity contribution in [1.82, 2.24) is 5.32 Å². The number of carbonyl (C=O) groups excluding carboxylic acids is 1. The second-order valence-electron chi connectivity index (χ2n) is 4.47. The summed E-state index contributed by atoms with van der Waals surface area (Å²) < 4.78 is 5.09. The van der Waals surface area contributed by atoms with Crippen LogP contribution in [0, 0.1) is 5.92 Å². The van der Waals surface area contributed by atoms with Crippen LogP contribution < -0.4 is 5.32 Å². The lowest BCUT2D eigenvalue weighted by atomic mass is 10.2. The molecule has 1 aliphatic carbocycles. The minimum atomic E-state index is -0.387. The smallest absolute Gasteiger partial charge is 0.407 e. The van der Waals surface area contributed by atoms with Gasteiger partial charge in [0.25, 0.3) is 0 Å². The molecule has 2 atom stereocenters. The first kappa shape index (κ1) is 9.36. The summed E-state index contributed by atoms with van der Waals surface area (Å²) in [5, 5.41) is 2.80. The molecule has 1 fully saturated rings. The van der Waals surface area contributed by atoms with Crippen LogP contribution in [0.4, 0.5) is 4.79 Å². The maximum atomic E-state index is 11.1. The third-order valence-corrected chi connectivity index (χ3v) is 1.81. The molecule has 0 aromatic heterocycles. The lowest BCUT2D eigenvalue weighted by Gasteiger charge is -2.19. The van der Waals surface area contributed by atoms with Gasteiger partial charge in [-0.15, -0.1) is 0 Å². The van der Waals surface area contributed by atoms with Crippen LogP contribution in [0.2, 0.25) is 0 Å². The van der Waals surface area contributed by atoms with Crippen LogP contribution in [0.15, 0.2) is 0 Å². The van der Waals surface area contributed by atoms with Crippen molar-refractivity contribution in [3.63, 3.8) is 0 Å². The maximum Gasteiger partial charge on any atom is 0.407 e. The first-order valence-electron chi connectivity index (χ1n) is 4.38. The van der Waals surface area contributed by atoms with Crippen molar-refractivity contribution in [2.24, 2.45) is 5.92 Å². The molecule has 3 nitrogen and oxygen atoms in total. The van der Waals surface area contributed by atoms with E-state index in [-0.39, 0.29) is 11.7 Å². The number of alkyl carbamates (subject to hydrolysis) is 1. The number of nitrogens with one attached hydrogen (secondary N) is 1. The molecular weight excluding hydrogens is 154 g/mol. The highest BCUT2D eigenvalue weighted by Crippen LogP contribution is 2.29. The van der Waals surface area contributed by atoms with Crippen molar-refractivity contribution in [2.75, 3.05) is 0 Å². The molecule has 0 unspecified atom stereocenters. The topological polar surface area (TPSA) is 38.3 Å². The van der Waals surface area contributed by atoms with E-state index in [1.54, 1.807) is 0 Å². The van der Waals surface area contributed by atoms with Crippen molar-refractivity contribution < 1.29 is 9.53 Å². The zero-order chi connectivity index (χ0) is 9.35. The second kappa shape index (κ2) is 2.96. The molecule has 0 aromatic carbocycles. The fourth-order valence-electron chi connectivity index (χ4n) is 0.982. The number of rotatable bonds is 1. The average Bonchev–Trinajstić information content (AvgIpc) is 2.40. The molecule has 1 rings (SSSR count). The van der Waals surface area contributed by atoms with Gasteiger partial charge in [0.2, 0.25) is 0 Å². The van der Waals surface area contributed by atoms with Gasteiger partial charge in [0, 0.05) is 6.04 Å². The zero-order valence-electron chi connectivity index (χ0n) is 8.18. The van der Waals surface area contributed by atoms with Gasteiger partial charge in [-0.3, -0.25) is 0 Å². The molecule has 12 heavy (non-hydrogen) atoms. The molecule has 0 aliphatic heterocycles. The lowest BCUT2D eigenvalue weighted by Crippen LogP contribution is -2.34. The molecular formula is C9H17NO2. The Bertz CT molecular complexity index is 183. The Kier molecular flexibility index (Phi) is 2.31. The third kappa shape index (κ3) is 3.11. The fraction of sp³-hybridized carbons (Fsp3) is 0.889. The van der Waals surface area contributed by atoms with Gasteiger partial charge in [0.1, 0.15) is 5.60 Å². The molecule has 0 spiro atoms. The number of ether oxygens (including phenoxy) is 1. The minimum absolute atomic E-state index is 0.295. The van der Waals surface area contributed by atoms with Crippen LogP contribution in [0.1, 0.15) is 34.1 Å². The van der Waals surface area contributed by atoms with Gasteiger partial charge in [-0.1, -0.05) is 6.92 Å². The SMILES string of the molecule is C[C@@H]1C[C@H]1NC(=O)OC(C)(C)C. The van der Waals surface area contributed by atoms with E-state index in [0.717, 1.165) is 6.42 Å². The summed E-state index contributed by atoms with van der Waals surface area (Å²) in [6.45, 7) is 7.71. The highest BCUT2D eigenvalue weighted by atomic mass is 16.6. The van der Waals surface area contributed by atoms with Crippen LogP contribution >= 0.6 is 0 Å². The summed E-state index contributed by atoms with van der Waals surface area (Å²) in [4.78, 5) is 11.1. The first-order valence-corrected chi connectivity index (χ1v) is 4.38. The number of hydrogen-bond donors (Lipinski definition) is 1. The summed E-state index contributed by atoms with van der Waals surface area (Å²) in [5.74, 6) is 0.623. The van der Waals surface area contributed by atoms with E-state index in [1.165, 1.54) is 0 Å². The summed E-state index contributed by atoms with van der Waals surface area (Å²) in [6.07, 6.45) is 0.788. The Morgan fingerprint density at radius 2 is 2.00 bits per heavy atom. The Labute approximate surface area is 73.5 Å². The van der Waals surface area contributed by atoms with E-state index < -0.39 is 0 Å². The third-order valence-electron chi connectivity index (χ3n) is 1.81. The molecule has 0 bridgehead atoms. The van der Waals surface area contributed by atoms with E-state index in [0.29, 0.717) is 12.0 Å². The van der Waals surface area contributed by atoms with E-state index in [9.17, 15) is 4.79 Å². The second-order valence-corrected chi connectivity index (χ2v) is 4.47. The Morgan fingerprint density at radius 3 is 2.33 bits per heavy atom. The molecule has 1 aliphatic rings. The highest BCUT2D eigenvalue weighted by Gasteiger charge is 2.34. The molecule has 1 saturated carbocycles. The van der Waals surface area contributed by atoms with E-state index in [1.807, 2.05) is 20.8 Å². The maximum absolute atomic E-state index is 11.1. The van der Waals surface area contributed by atoms with Gasteiger partial charge in [0.05, 0.1) is 0 Å². The molecule has 0 radical (unpaired) electrons. The average molecular weight is 171 g/mol. The first-order chi connectivity index (χ1) is 5.38. The standard InChI is InChI=1S/C9H17NO2/c1-6-5-7(6)10-8(11)12-9(2,3)4/h6-7H,5H2,1-4H3,(H,10,11)/t6-,7-/m1/s1. The molecule has 0 heterocycles. The minimum Gasteiger partial charge on any atom is -0.444 e. The number of amides is 1. The molecule has 0 saturated heterocycles. The van der Waals surface area contributed by atoms with Crippen LogP contribution in [-0.4, -0.2) is 17.7 Å². The monoisotopic (exact) mass is 171 g/mol. The molecule has 1 amide bonds. The van der Waals surface area contributed by atoms with E-state index >= 15 is 0 Å². The van der Waals surface area contributed by atoms with Gasteiger partial charge in [-0.05, 0) is 33.1 Å². The molecule has 1 N–H and O–H groups in total. The Balaban J connectivity index is 2.21. The van der Waals surface area contributed by atoms with Gasteiger partial charge in [0.15, 0.2) is 0 Å².